The molecule has 9 heteroatoms. The van der Waals surface area contributed by atoms with Crippen molar-refractivity contribution >= 4 is 44.4 Å². The average Bonchev–Trinajstić information content (AvgIpc) is 3.28. The highest BCUT2D eigenvalue weighted by Crippen LogP contribution is 2.27. The molecule has 0 bridgehead atoms. The number of fused-ring (bicyclic) bond motifs is 2. The van der Waals surface area contributed by atoms with Crippen LogP contribution in [0.4, 0.5) is 5.69 Å². The van der Waals surface area contributed by atoms with Gasteiger partial charge in [-0.3, -0.25) is 4.79 Å². The highest BCUT2D eigenvalue weighted by Gasteiger charge is 2.16. The van der Waals surface area contributed by atoms with Gasteiger partial charge >= 0.3 is 0 Å². The SMILES string of the molecule is CCn1c(SCC(=O)Nc2ccc3c(c2)CCC3)nc2cc(S(N)(=O)=O)ccc21. The summed E-state index contributed by atoms with van der Waals surface area (Å²) in [5, 5.41) is 8.82. The number of nitrogens with two attached hydrogens (primary N) is 1. The molecule has 1 aromatic heterocycles. The molecule has 1 aliphatic rings. The van der Waals surface area contributed by atoms with Gasteiger partial charge in [0, 0.05) is 12.2 Å². The van der Waals surface area contributed by atoms with Gasteiger partial charge in [-0.2, -0.15) is 0 Å². The summed E-state index contributed by atoms with van der Waals surface area (Å²) in [6, 6.07) is 10.7. The lowest BCUT2D eigenvalue weighted by atomic mass is 10.1. The number of carbonyl (C=O) groups excluding carboxylic acids is 1. The lowest BCUT2D eigenvalue weighted by molar-refractivity contribution is -0.113. The highest BCUT2D eigenvalue weighted by atomic mass is 32.2. The van der Waals surface area contributed by atoms with Crippen LogP contribution in [0.15, 0.2) is 46.5 Å². The Balaban J connectivity index is 1.49. The van der Waals surface area contributed by atoms with Crippen LogP contribution in [0.1, 0.15) is 24.5 Å². The minimum atomic E-state index is -3.79. The second kappa shape index (κ2) is 7.81. The molecule has 3 N–H and O–H groups in total. The number of primary sulfonamides is 1. The van der Waals surface area contributed by atoms with Crippen molar-refractivity contribution in [1.29, 1.82) is 0 Å². The molecule has 1 amide bonds. The summed E-state index contributed by atoms with van der Waals surface area (Å²) in [5.41, 5.74) is 4.85. The molecular formula is C20H22N4O3S2. The topological polar surface area (TPSA) is 107 Å². The minimum absolute atomic E-state index is 0.0247. The summed E-state index contributed by atoms with van der Waals surface area (Å²) >= 11 is 1.32. The normalized spacial score (nSPS) is 13.6. The van der Waals surface area contributed by atoms with Crippen molar-refractivity contribution in [2.75, 3.05) is 11.1 Å². The molecule has 0 spiro atoms. The molecule has 7 nitrogen and oxygen atoms in total. The molecule has 0 saturated heterocycles. The van der Waals surface area contributed by atoms with Crippen molar-refractivity contribution in [1.82, 2.24) is 9.55 Å². The highest BCUT2D eigenvalue weighted by molar-refractivity contribution is 7.99. The lowest BCUT2D eigenvalue weighted by Crippen LogP contribution is -2.14. The molecule has 4 rings (SSSR count). The Morgan fingerprint density at radius 2 is 2.00 bits per heavy atom. The van der Waals surface area contributed by atoms with E-state index in [9.17, 15) is 13.2 Å². The van der Waals surface area contributed by atoms with Crippen molar-refractivity contribution in [3.8, 4) is 0 Å². The fraction of sp³-hybridized carbons (Fsp3) is 0.300. The van der Waals surface area contributed by atoms with Crippen LogP contribution in [0.2, 0.25) is 0 Å². The number of anilines is 1. The maximum absolute atomic E-state index is 12.4. The zero-order valence-electron chi connectivity index (χ0n) is 16.0. The molecule has 3 aromatic rings. The second-order valence-electron chi connectivity index (χ2n) is 7.01. The zero-order valence-corrected chi connectivity index (χ0v) is 17.6. The molecule has 152 valence electrons. The van der Waals surface area contributed by atoms with Gasteiger partial charge in [0.2, 0.25) is 15.9 Å². The molecule has 0 saturated carbocycles. The third-order valence-electron chi connectivity index (χ3n) is 5.04. The van der Waals surface area contributed by atoms with Gasteiger partial charge in [0.05, 0.1) is 21.7 Å². The van der Waals surface area contributed by atoms with Gasteiger partial charge in [-0.1, -0.05) is 17.8 Å². The fourth-order valence-corrected chi connectivity index (χ4v) is 5.07. The van der Waals surface area contributed by atoms with E-state index in [-0.39, 0.29) is 16.6 Å². The average molecular weight is 431 g/mol. The number of hydrogen-bond donors (Lipinski definition) is 2. The van der Waals surface area contributed by atoms with Crippen LogP contribution in [0.5, 0.6) is 0 Å². The molecule has 1 aliphatic carbocycles. The van der Waals surface area contributed by atoms with Crippen molar-refractivity contribution < 1.29 is 13.2 Å². The van der Waals surface area contributed by atoms with Crippen LogP contribution in [-0.4, -0.2) is 29.6 Å². The van der Waals surface area contributed by atoms with Crippen LogP contribution >= 0.6 is 11.8 Å². The Morgan fingerprint density at radius 1 is 1.21 bits per heavy atom. The Morgan fingerprint density at radius 3 is 2.76 bits per heavy atom. The van der Waals surface area contributed by atoms with Gasteiger partial charge < -0.3 is 9.88 Å². The quantitative estimate of drug-likeness (QED) is 0.585. The van der Waals surface area contributed by atoms with E-state index in [2.05, 4.69) is 22.4 Å². The van der Waals surface area contributed by atoms with Crippen molar-refractivity contribution in [2.45, 2.75) is 42.8 Å². The monoisotopic (exact) mass is 430 g/mol. The van der Waals surface area contributed by atoms with E-state index in [0.29, 0.717) is 17.2 Å². The van der Waals surface area contributed by atoms with E-state index in [1.165, 1.54) is 41.4 Å². The van der Waals surface area contributed by atoms with Crippen LogP contribution in [0, 0.1) is 0 Å². The van der Waals surface area contributed by atoms with Crippen molar-refractivity contribution in [3.63, 3.8) is 0 Å². The smallest absolute Gasteiger partial charge is 0.238 e. The van der Waals surface area contributed by atoms with E-state index in [0.717, 1.165) is 24.0 Å². The summed E-state index contributed by atoms with van der Waals surface area (Å²) in [4.78, 5) is 17.0. The van der Waals surface area contributed by atoms with E-state index in [4.69, 9.17) is 5.14 Å². The van der Waals surface area contributed by atoms with Gasteiger partial charge in [0.15, 0.2) is 5.16 Å². The number of nitrogens with one attached hydrogen (secondary N) is 1. The van der Waals surface area contributed by atoms with Crippen LogP contribution < -0.4 is 10.5 Å². The third kappa shape index (κ3) is 4.17. The number of nitrogens with zero attached hydrogens (tertiary/aromatic N) is 2. The maximum Gasteiger partial charge on any atom is 0.238 e. The van der Waals surface area contributed by atoms with Crippen molar-refractivity contribution in [3.05, 3.63) is 47.5 Å². The van der Waals surface area contributed by atoms with Gasteiger partial charge in [-0.15, -0.1) is 0 Å². The minimum Gasteiger partial charge on any atom is -0.325 e. The zero-order chi connectivity index (χ0) is 20.6. The predicted octanol–water partition coefficient (Wildman–Crippen LogP) is 2.92. The summed E-state index contributed by atoms with van der Waals surface area (Å²) in [6.45, 7) is 2.63. The number of hydrogen-bond acceptors (Lipinski definition) is 5. The number of aryl methyl sites for hydroxylation is 3. The van der Waals surface area contributed by atoms with E-state index < -0.39 is 10.0 Å². The molecule has 0 radical (unpaired) electrons. The number of carbonyl (C=O) groups is 1. The van der Waals surface area contributed by atoms with Crippen molar-refractivity contribution in [2.24, 2.45) is 5.14 Å². The summed E-state index contributed by atoms with van der Waals surface area (Å²) in [6.07, 6.45) is 3.34. The molecule has 0 aliphatic heterocycles. The van der Waals surface area contributed by atoms with E-state index in [1.807, 2.05) is 17.6 Å². The first-order chi connectivity index (χ1) is 13.8. The Kier molecular flexibility index (Phi) is 5.37. The first-order valence-electron chi connectivity index (χ1n) is 9.42. The van der Waals surface area contributed by atoms with E-state index >= 15 is 0 Å². The third-order valence-corrected chi connectivity index (χ3v) is 6.93. The first-order valence-corrected chi connectivity index (χ1v) is 12.0. The number of benzene rings is 2. The Hall–Kier alpha value is -2.36. The number of thioether (sulfide) groups is 1. The van der Waals surface area contributed by atoms with Gasteiger partial charge in [0.1, 0.15) is 0 Å². The maximum atomic E-state index is 12.4. The molecule has 29 heavy (non-hydrogen) atoms. The summed E-state index contributed by atoms with van der Waals surface area (Å²) in [7, 11) is -3.79. The molecule has 2 aromatic carbocycles. The van der Waals surface area contributed by atoms with Crippen LogP contribution in [-0.2, 0) is 34.2 Å². The summed E-state index contributed by atoms with van der Waals surface area (Å²) < 4.78 is 25.1. The van der Waals surface area contributed by atoms with Crippen LogP contribution in [0.25, 0.3) is 11.0 Å². The number of sulfonamides is 1. The Labute approximate surface area is 173 Å². The summed E-state index contributed by atoms with van der Waals surface area (Å²) in [5.74, 6) is 0.107. The molecule has 1 heterocycles. The lowest BCUT2D eigenvalue weighted by Gasteiger charge is -2.08. The van der Waals surface area contributed by atoms with Gasteiger partial charge in [0.25, 0.3) is 0 Å². The van der Waals surface area contributed by atoms with Gasteiger partial charge in [-0.05, 0) is 67.6 Å². The van der Waals surface area contributed by atoms with Gasteiger partial charge in [-0.25, -0.2) is 18.5 Å². The number of aromatic nitrogens is 2. The standard InChI is InChI=1S/C20H22N4O3S2/c1-2-24-18-9-8-16(29(21,26)27)11-17(18)23-20(24)28-12-19(25)22-15-7-6-13-4-3-5-14(13)10-15/h6-11H,2-5,12H2,1H3,(H,22,25)(H2,21,26,27). The largest absolute Gasteiger partial charge is 0.325 e. The number of rotatable bonds is 6. The molecule has 0 unspecified atom stereocenters. The van der Waals surface area contributed by atoms with Crippen LogP contribution in [0.3, 0.4) is 0 Å². The second-order valence-corrected chi connectivity index (χ2v) is 9.51. The molecular weight excluding hydrogens is 408 g/mol. The molecule has 0 fully saturated rings. The fourth-order valence-electron chi connectivity index (χ4n) is 3.66. The first kappa shape index (κ1) is 19.9. The number of amides is 1. The van der Waals surface area contributed by atoms with E-state index in [1.54, 1.807) is 6.07 Å². The Bertz CT molecular complexity index is 1200. The molecule has 0 atom stereocenters. The number of imidazole rings is 1. The predicted molar refractivity (Wildman–Crippen MR) is 115 cm³/mol.